The topological polar surface area (TPSA) is 66.5 Å². The van der Waals surface area contributed by atoms with Crippen LogP contribution in [0.4, 0.5) is 18.9 Å². The molecule has 0 saturated carbocycles. The minimum Gasteiger partial charge on any atom is -0.354 e. The number of benzene rings is 3. The monoisotopic (exact) mass is 552 g/mol. The van der Waals surface area contributed by atoms with E-state index in [1.807, 2.05) is 37.3 Å². The molecule has 0 fully saturated rings. The van der Waals surface area contributed by atoms with Gasteiger partial charge in [-0.3, -0.25) is 9.10 Å². The normalized spacial score (nSPS) is 12.7. The molecular weight excluding hydrogens is 525 g/mol. The Kier molecular flexibility index (Phi) is 9.26. The first-order valence-corrected chi connectivity index (χ1v) is 13.5. The number of alkyl halides is 3. The summed E-state index contributed by atoms with van der Waals surface area (Å²) in [4.78, 5) is 12.8. The number of aryl methyl sites for hydroxylation is 1. The number of hydrogen-bond acceptors (Lipinski definition) is 3. The predicted octanol–water partition coefficient (Wildman–Crippen LogP) is 6.25. The second-order valence-corrected chi connectivity index (χ2v) is 11.0. The quantitative estimate of drug-likeness (QED) is 0.323. The van der Waals surface area contributed by atoms with Crippen molar-refractivity contribution in [2.45, 2.75) is 37.8 Å². The van der Waals surface area contributed by atoms with Gasteiger partial charge < -0.3 is 5.32 Å². The Morgan fingerprint density at radius 1 is 1.03 bits per heavy atom. The molecule has 0 spiro atoms. The first kappa shape index (κ1) is 28.5. The van der Waals surface area contributed by atoms with Crippen LogP contribution in [-0.4, -0.2) is 27.4 Å². The zero-order chi connectivity index (χ0) is 27.2. The summed E-state index contributed by atoms with van der Waals surface area (Å²) >= 11 is 5.74. The minimum absolute atomic E-state index is 0.0980. The Morgan fingerprint density at radius 2 is 1.68 bits per heavy atom. The second kappa shape index (κ2) is 12.0. The van der Waals surface area contributed by atoms with Gasteiger partial charge in [-0.1, -0.05) is 73.0 Å². The van der Waals surface area contributed by atoms with Crippen LogP contribution in [0.15, 0.2) is 77.7 Å². The lowest BCUT2D eigenvalue weighted by Crippen LogP contribution is -2.42. The van der Waals surface area contributed by atoms with Gasteiger partial charge >= 0.3 is 6.18 Å². The molecule has 0 radical (unpaired) electrons. The molecule has 0 bridgehead atoms. The molecule has 1 N–H and O–H groups in total. The third-order valence-corrected chi connectivity index (χ3v) is 8.09. The lowest BCUT2D eigenvalue weighted by atomic mass is 9.97. The van der Waals surface area contributed by atoms with Crippen LogP contribution in [-0.2, 0) is 27.4 Å². The lowest BCUT2D eigenvalue weighted by molar-refractivity contribution is -0.137. The number of carbonyl (C=O) groups is 1. The summed E-state index contributed by atoms with van der Waals surface area (Å²) in [6.45, 7) is 3.35. The average Bonchev–Trinajstić information content (AvgIpc) is 2.85. The molecule has 10 heteroatoms. The van der Waals surface area contributed by atoms with Crippen LogP contribution in [0.2, 0.25) is 5.02 Å². The minimum atomic E-state index is -4.81. The number of rotatable bonds is 10. The van der Waals surface area contributed by atoms with E-state index in [4.69, 9.17) is 11.6 Å². The maximum Gasteiger partial charge on any atom is 0.417 e. The zero-order valence-electron chi connectivity index (χ0n) is 20.4. The summed E-state index contributed by atoms with van der Waals surface area (Å²) in [5.41, 5.74) is 0.403. The van der Waals surface area contributed by atoms with E-state index in [-0.39, 0.29) is 23.0 Å². The number of sulfonamides is 1. The molecule has 1 atom stereocenters. The standard InChI is InChI=1S/C27H28ClF3N2O3S/c1-3-20(15-21-7-5-4-6-8-21)17-32-26(34)18-33(37(35,36)23-12-9-19(2)10-13-23)22-11-14-25(28)24(16-22)27(29,30)31/h4-14,16,20H,3,15,17-18H2,1-2H3,(H,32,34). The molecule has 3 rings (SSSR count). The molecule has 5 nitrogen and oxygen atoms in total. The molecule has 1 unspecified atom stereocenters. The molecule has 0 heterocycles. The predicted molar refractivity (Wildman–Crippen MR) is 139 cm³/mol. The van der Waals surface area contributed by atoms with Gasteiger partial charge in [0.1, 0.15) is 6.54 Å². The third-order valence-electron chi connectivity index (χ3n) is 5.97. The molecule has 0 aliphatic carbocycles. The van der Waals surface area contributed by atoms with Crippen molar-refractivity contribution in [3.05, 3.63) is 94.5 Å². The second-order valence-electron chi connectivity index (χ2n) is 8.75. The maximum atomic E-state index is 13.5. The molecular formula is C27H28ClF3N2O3S. The number of amides is 1. The summed E-state index contributed by atoms with van der Waals surface area (Å²) in [5.74, 6) is -0.536. The van der Waals surface area contributed by atoms with Crippen LogP contribution >= 0.6 is 11.6 Å². The van der Waals surface area contributed by atoms with Crippen LogP contribution < -0.4 is 9.62 Å². The Hall–Kier alpha value is -3.04. The highest BCUT2D eigenvalue weighted by atomic mass is 35.5. The molecule has 1 amide bonds. The van der Waals surface area contributed by atoms with Crippen LogP contribution in [0.5, 0.6) is 0 Å². The molecule has 0 aliphatic heterocycles. The van der Waals surface area contributed by atoms with E-state index < -0.39 is 39.2 Å². The van der Waals surface area contributed by atoms with Crippen LogP contribution in [0, 0.1) is 12.8 Å². The number of nitrogens with zero attached hydrogens (tertiary/aromatic N) is 1. The molecule has 37 heavy (non-hydrogen) atoms. The van der Waals surface area contributed by atoms with Gasteiger partial charge in [0.2, 0.25) is 5.91 Å². The summed E-state index contributed by atoms with van der Waals surface area (Å²) in [6, 6.07) is 18.4. The zero-order valence-corrected chi connectivity index (χ0v) is 22.0. The van der Waals surface area contributed by atoms with Gasteiger partial charge in [0, 0.05) is 6.54 Å². The molecule has 198 valence electrons. The summed E-state index contributed by atoms with van der Waals surface area (Å²) in [5, 5.41) is 2.18. The largest absolute Gasteiger partial charge is 0.417 e. The van der Waals surface area contributed by atoms with Crippen molar-refractivity contribution in [2.75, 3.05) is 17.4 Å². The van der Waals surface area contributed by atoms with Crippen molar-refractivity contribution in [1.29, 1.82) is 0 Å². The fraction of sp³-hybridized carbons (Fsp3) is 0.296. The number of anilines is 1. The highest BCUT2D eigenvalue weighted by Gasteiger charge is 2.35. The van der Waals surface area contributed by atoms with Crippen LogP contribution in [0.1, 0.15) is 30.0 Å². The molecule has 3 aromatic rings. The Bertz CT molecular complexity index is 1310. The smallest absolute Gasteiger partial charge is 0.354 e. The van der Waals surface area contributed by atoms with Crippen molar-refractivity contribution in [3.8, 4) is 0 Å². The Labute approximate surface area is 220 Å². The van der Waals surface area contributed by atoms with E-state index in [0.717, 1.165) is 36.1 Å². The summed E-state index contributed by atoms with van der Waals surface area (Å²) < 4.78 is 68.2. The summed E-state index contributed by atoms with van der Waals surface area (Å²) in [6.07, 6.45) is -3.32. The van der Waals surface area contributed by atoms with Gasteiger partial charge in [0.15, 0.2) is 0 Å². The SMILES string of the molecule is CCC(CNC(=O)CN(c1ccc(Cl)c(C(F)(F)F)c1)S(=O)(=O)c1ccc(C)cc1)Cc1ccccc1. The van der Waals surface area contributed by atoms with Crippen molar-refractivity contribution in [3.63, 3.8) is 0 Å². The molecule has 0 aromatic heterocycles. The Balaban J connectivity index is 1.88. The number of halogens is 4. The van der Waals surface area contributed by atoms with E-state index in [1.54, 1.807) is 19.1 Å². The van der Waals surface area contributed by atoms with Gasteiger partial charge in [-0.15, -0.1) is 0 Å². The Morgan fingerprint density at radius 3 is 2.27 bits per heavy atom. The van der Waals surface area contributed by atoms with Crippen LogP contribution in [0.3, 0.4) is 0 Å². The highest BCUT2D eigenvalue weighted by Crippen LogP contribution is 2.38. The number of hydrogen-bond donors (Lipinski definition) is 1. The van der Waals surface area contributed by atoms with Crippen LogP contribution in [0.25, 0.3) is 0 Å². The summed E-state index contributed by atoms with van der Waals surface area (Å²) in [7, 11) is -4.37. The van der Waals surface area contributed by atoms with Gasteiger partial charge in [-0.05, 0) is 55.2 Å². The first-order chi connectivity index (χ1) is 17.4. The van der Waals surface area contributed by atoms with Crippen molar-refractivity contribution in [2.24, 2.45) is 5.92 Å². The first-order valence-electron chi connectivity index (χ1n) is 11.7. The number of carbonyl (C=O) groups excluding carboxylic acids is 1. The van der Waals surface area contributed by atoms with E-state index in [0.29, 0.717) is 10.4 Å². The van der Waals surface area contributed by atoms with Crippen molar-refractivity contribution < 1.29 is 26.4 Å². The van der Waals surface area contributed by atoms with Gasteiger partial charge in [-0.25, -0.2) is 8.42 Å². The highest BCUT2D eigenvalue weighted by molar-refractivity contribution is 7.92. The maximum absolute atomic E-state index is 13.5. The third kappa shape index (κ3) is 7.49. The average molecular weight is 553 g/mol. The van der Waals surface area contributed by atoms with E-state index in [2.05, 4.69) is 5.32 Å². The fourth-order valence-corrected chi connectivity index (χ4v) is 5.43. The van der Waals surface area contributed by atoms with Gasteiger partial charge in [0.25, 0.3) is 10.0 Å². The van der Waals surface area contributed by atoms with E-state index in [1.165, 1.54) is 12.1 Å². The van der Waals surface area contributed by atoms with E-state index >= 15 is 0 Å². The fourth-order valence-electron chi connectivity index (χ4n) is 3.79. The van der Waals surface area contributed by atoms with Gasteiger partial charge in [-0.2, -0.15) is 13.2 Å². The molecule has 0 saturated heterocycles. The van der Waals surface area contributed by atoms with Crippen molar-refractivity contribution >= 4 is 33.2 Å². The lowest BCUT2D eigenvalue weighted by Gasteiger charge is -2.26. The number of nitrogens with one attached hydrogen (secondary N) is 1. The molecule has 0 aliphatic rings. The molecule has 3 aromatic carbocycles. The van der Waals surface area contributed by atoms with E-state index in [9.17, 15) is 26.4 Å². The van der Waals surface area contributed by atoms with Gasteiger partial charge in [0.05, 0.1) is 21.2 Å². The van der Waals surface area contributed by atoms with Crippen molar-refractivity contribution in [1.82, 2.24) is 5.32 Å².